The second kappa shape index (κ2) is 4.18. The van der Waals surface area contributed by atoms with Crippen molar-refractivity contribution in [2.75, 3.05) is 0 Å². The number of hydrogen-bond acceptors (Lipinski definition) is 1. The van der Waals surface area contributed by atoms with Crippen LogP contribution < -0.4 is 5.73 Å². The fourth-order valence-corrected chi connectivity index (χ4v) is 2.25. The molecule has 84 valence electrons. The van der Waals surface area contributed by atoms with Gasteiger partial charge in [0.25, 0.3) is 0 Å². The Balaban J connectivity index is 2.65. The minimum absolute atomic E-state index is 0.333. The molecular weight excluding hydrogens is 224 g/mol. The third kappa shape index (κ3) is 1.67. The van der Waals surface area contributed by atoms with Gasteiger partial charge in [-0.15, -0.1) is 0 Å². The molecule has 3 nitrogen and oxygen atoms in total. The number of amides is 1. The van der Waals surface area contributed by atoms with Crippen molar-refractivity contribution in [3.05, 3.63) is 35.5 Å². The molecule has 0 bridgehead atoms. The zero-order chi connectivity index (χ0) is 11.7. The summed E-state index contributed by atoms with van der Waals surface area (Å²) in [6, 6.07) is 7.27. The van der Waals surface area contributed by atoms with Gasteiger partial charge in [0.05, 0.1) is 10.5 Å². The normalized spacial score (nSPS) is 12.9. The SMILES string of the molecule is CCC(C(N)=O)n1ccc2cccc(Cl)c21. The van der Waals surface area contributed by atoms with Crippen LogP contribution in [0.15, 0.2) is 30.5 Å². The summed E-state index contributed by atoms with van der Waals surface area (Å²) in [4.78, 5) is 11.3. The number of para-hydroxylation sites is 1. The number of primary amides is 1. The van der Waals surface area contributed by atoms with Gasteiger partial charge in [0.2, 0.25) is 5.91 Å². The van der Waals surface area contributed by atoms with Gasteiger partial charge in [0.15, 0.2) is 0 Å². The van der Waals surface area contributed by atoms with Crippen LogP contribution in [0.25, 0.3) is 10.9 Å². The molecule has 1 atom stereocenters. The molecule has 0 saturated carbocycles. The smallest absolute Gasteiger partial charge is 0.240 e. The minimum Gasteiger partial charge on any atom is -0.368 e. The molecule has 1 aromatic heterocycles. The zero-order valence-electron chi connectivity index (χ0n) is 8.98. The highest BCUT2D eigenvalue weighted by Gasteiger charge is 2.17. The fraction of sp³-hybridized carbons (Fsp3) is 0.250. The summed E-state index contributed by atoms with van der Waals surface area (Å²) in [6.07, 6.45) is 2.51. The van der Waals surface area contributed by atoms with E-state index in [1.165, 1.54) is 0 Å². The van der Waals surface area contributed by atoms with Crippen molar-refractivity contribution >= 4 is 28.4 Å². The summed E-state index contributed by atoms with van der Waals surface area (Å²) in [5.41, 5.74) is 6.25. The van der Waals surface area contributed by atoms with E-state index in [9.17, 15) is 4.79 Å². The van der Waals surface area contributed by atoms with Crippen LogP contribution in [0.3, 0.4) is 0 Å². The lowest BCUT2D eigenvalue weighted by molar-refractivity contribution is -0.121. The third-order valence-corrected chi connectivity index (χ3v) is 3.05. The quantitative estimate of drug-likeness (QED) is 0.875. The number of carbonyl (C=O) groups is 1. The van der Waals surface area contributed by atoms with E-state index < -0.39 is 0 Å². The number of hydrogen-bond donors (Lipinski definition) is 1. The number of nitrogens with two attached hydrogens (primary N) is 1. The molecule has 0 radical (unpaired) electrons. The van der Waals surface area contributed by atoms with E-state index in [2.05, 4.69) is 0 Å². The Morgan fingerprint density at radius 3 is 2.88 bits per heavy atom. The number of halogens is 1. The summed E-state index contributed by atoms with van der Waals surface area (Å²) < 4.78 is 1.85. The molecule has 1 unspecified atom stereocenters. The van der Waals surface area contributed by atoms with Gasteiger partial charge in [-0.3, -0.25) is 4.79 Å². The van der Waals surface area contributed by atoms with E-state index in [0.29, 0.717) is 11.4 Å². The van der Waals surface area contributed by atoms with Crippen LogP contribution in [0.2, 0.25) is 5.02 Å². The van der Waals surface area contributed by atoms with Crippen LogP contribution in [0, 0.1) is 0 Å². The standard InChI is InChI=1S/C12H13ClN2O/c1-2-10(12(14)16)15-7-6-8-4-3-5-9(13)11(8)15/h3-7,10H,2H2,1H3,(H2,14,16). The molecule has 2 N–H and O–H groups in total. The Hall–Kier alpha value is -1.48. The highest BCUT2D eigenvalue weighted by molar-refractivity contribution is 6.35. The van der Waals surface area contributed by atoms with Crippen molar-refractivity contribution in [2.45, 2.75) is 19.4 Å². The first kappa shape index (κ1) is 11.0. The van der Waals surface area contributed by atoms with Crippen LogP contribution >= 0.6 is 11.6 Å². The molecule has 1 heterocycles. The summed E-state index contributed by atoms with van der Waals surface area (Å²) >= 11 is 6.14. The van der Waals surface area contributed by atoms with E-state index >= 15 is 0 Å². The van der Waals surface area contributed by atoms with Crippen LogP contribution in [0.1, 0.15) is 19.4 Å². The number of benzene rings is 1. The third-order valence-electron chi connectivity index (χ3n) is 2.74. The number of carbonyl (C=O) groups excluding carboxylic acids is 1. The molecule has 0 spiro atoms. The largest absolute Gasteiger partial charge is 0.368 e. The highest BCUT2D eigenvalue weighted by Crippen LogP contribution is 2.28. The molecule has 1 aromatic carbocycles. The number of aromatic nitrogens is 1. The zero-order valence-corrected chi connectivity index (χ0v) is 9.74. The Labute approximate surface area is 98.8 Å². The molecule has 2 rings (SSSR count). The summed E-state index contributed by atoms with van der Waals surface area (Å²) in [6.45, 7) is 1.93. The molecule has 2 aromatic rings. The maximum absolute atomic E-state index is 11.3. The summed E-state index contributed by atoms with van der Waals surface area (Å²) in [7, 11) is 0. The van der Waals surface area contributed by atoms with Crippen LogP contribution in [0.5, 0.6) is 0 Å². The Morgan fingerprint density at radius 1 is 1.50 bits per heavy atom. The van der Waals surface area contributed by atoms with Gasteiger partial charge < -0.3 is 10.3 Å². The van der Waals surface area contributed by atoms with Crippen LogP contribution in [0.4, 0.5) is 0 Å². The van der Waals surface area contributed by atoms with Gasteiger partial charge in [0.1, 0.15) is 6.04 Å². The number of fused-ring (bicyclic) bond motifs is 1. The van der Waals surface area contributed by atoms with E-state index in [0.717, 1.165) is 10.9 Å². The van der Waals surface area contributed by atoms with Gasteiger partial charge in [-0.1, -0.05) is 30.7 Å². The van der Waals surface area contributed by atoms with E-state index in [4.69, 9.17) is 17.3 Å². The Bertz CT molecular complexity index is 533. The summed E-state index contributed by atoms with van der Waals surface area (Å²) in [5.74, 6) is -0.333. The predicted molar refractivity (Wildman–Crippen MR) is 65.5 cm³/mol. The number of rotatable bonds is 3. The molecule has 0 aliphatic rings. The van der Waals surface area contributed by atoms with Crippen molar-refractivity contribution in [2.24, 2.45) is 5.73 Å². The highest BCUT2D eigenvalue weighted by atomic mass is 35.5. The second-order valence-corrected chi connectivity index (χ2v) is 4.13. The lowest BCUT2D eigenvalue weighted by Gasteiger charge is -2.15. The number of nitrogens with zero attached hydrogens (tertiary/aromatic N) is 1. The van der Waals surface area contributed by atoms with Crippen molar-refractivity contribution in [1.82, 2.24) is 4.57 Å². The van der Waals surface area contributed by atoms with Crippen molar-refractivity contribution < 1.29 is 4.79 Å². The Kier molecular flexibility index (Phi) is 2.88. The molecule has 16 heavy (non-hydrogen) atoms. The van der Waals surface area contributed by atoms with Crippen molar-refractivity contribution in [3.8, 4) is 0 Å². The van der Waals surface area contributed by atoms with Gasteiger partial charge >= 0.3 is 0 Å². The van der Waals surface area contributed by atoms with Gasteiger partial charge in [-0.2, -0.15) is 0 Å². The minimum atomic E-state index is -0.336. The van der Waals surface area contributed by atoms with E-state index in [1.54, 1.807) is 0 Å². The van der Waals surface area contributed by atoms with Crippen molar-refractivity contribution in [1.29, 1.82) is 0 Å². The molecule has 0 saturated heterocycles. The first-order valence-corrected chi connectivity index (χ1v) is 5.57. The first-order valence-electron chi connectivity index (χ1n) is 5.19. The first-order chi connectivity index (χ1) is 7.65. The van der Waals surface area contributed by atoms with E-state index in [-0.39, 0.29) is 11.9 Å². The topological polar surface area (TPSA) is 48.0 Å². The molecule has 1 amide bonds. The lowest BCUT2D eigenvalue weighted by Crippen LogP contribution is -2.25. The van der Waals surface area contributed by atoms with Crippen molar-refractivity contribution in [3.63, 3.8) is 0 Å². The molecule has 0 aliphatic heterocycles. The molecule has 4 heteroatoms. The monoisotopic (exact) mass is 236 g/mol. The molecule has 0 fully saturated rings. The van der Waals surface area contributed by atoms with Crippen LogP contribution in [-0.4, -0.2) is 10.5 Å². The van der Waals surface area contributed by atoms with Gasteiger partial charge in [0, 0.05) is 11.6 Å². The van der Waals surface area contributed by atoms with E-state index in [1.807, 2.05) is 42.0 Å². The van der Waals surface area contributed by atoms with Crippen LogP contribution in [-0.2, 0) is 4.79 Å². The molecule has 0 aliphatic carbocycles. The van der Waals surface area contributed by atoms with Gasteiger partial charge in [-0.25, -0.2) is 0 Å². The fourth-order valence-electron chi connectivity index (χ4n) is 1.97. The maximum atomic E-state index is 11.3. The lowest BCUT2D eigenvalue weighted by atomic mass is 10.2. The summed E-state index contributed by atoms with van der Waals surface area (Å²) in [5, 5.41) is 1.66. The molecular formula is C12H13ClN2O. The average Bonchev–Trinajstić information content (AvgIpc) is 2.64. The maximum Gasteiger partial charge on any atom is 0.240 e. The second-order valence-electron chi connectivity index (χ2n) is 3.73. The predicted octanol–water partition coefficient (Wildman–Crippen LogP) is 2.73. The Morgan fingerprint density at radius 2 is 2.25 bits per heavy atom. The van der Waals surface area contributed by atoms with Gasteiger partial charge in [-0.05, 0) is 18.6 Å². The average molecular weight is 237 g/mol.